The third kappa shape index (κ3) is 4.81. The van der Waals surface area contributed by atoms with Crippen LogP contribution >= 0.6 is 0 Å². The van der Waals surface area contributed by atoms with Crippen molar-refractivity contribution in [3.63, 3.8) is 0 Å². The highest BCUT2D eigenvalue weighted by atomic mass is 19.4. The largest absolute Gasteiger partial charge is 0.484 e. The fourth-order valence-electron chi connectivity index (χ4n) is 2.34. The van der Waals surface area contributed by atoms with Crippen molar-refractivity contribution in [1.82, 2.24) is 9.97 Å². The van der Waals surface area contributed by atoms with Gasteiger partial charge in [0.15, 0.2) is 12.3 Å². The lowest BCUT2D eigenvalue weighted by Crippen LogP contribution is -2.23. The number of halogens is 4. The summed E-state index contributed by atoms with van der Waals surface area (Å²) in [5, 5.41) is 2.14. The highest BCUT2D eigenvalue weighted by Gasteiger charge is 2.36. The standard InChI is InChI=1S/C19H13F4N3O2/c20-13-8-12(9-24-10-13)15-6-7-16(18(26-15)19(21,22)23)25-17(27)11-28-14-4-2-1-3-5-14/h1-10H,11H2,(H,25,27). The van der Waals surface area contributed by atoms with E-state index >= 15 is 0 Å². The zero-order valence-electron chi connectivity index (χ0n) is 14.2. The number of nitrogens with one attached hydrogen (secondary N) is 1. The summed E-state index contributed by atoms with van der Waals surface area (Å²) in [5.74, 6) is -1.08. The molecule has 3 aromatic rings. The molecule has 0 aliphatic carbocycles. The number of nitrogens with zero attached hydrogens (tertiary/aromatic N) is 2. The third-order valence-corrected chi connectivity index (χ3v) is 3.55. The van der Waals surface area contributed by atoms with Gasteiger partial charge in [-0.05, 0) is 30.3 Å². The molecule has 0 aliphatic heterocycles. The molecule has 3 rings (SSSR count). The normalized spacial score (nSPS) is 11.1. The maximum atomic E-state index is 13.4. The van der Waals surface area contributed by atoms with E-state index in [2.05, 4.69) is 15.3 Å². The molecule has 2 heterocycles. The zero-order valence-corrected chi connectivity index (χ0v) is 14.2. The van der Waals surface area contributed by atoms with E-state index in [0.29, 0.717) is 5.75 Å². The van der Waals surface area contributed by atoms with Crippen LogP contribution in [0.3, 0.4) is 0 Å². The first kappa shape index (κ1) is 19.3. The molecule has 0 fully saturated rings. The van der Waals surface area contributed by atoms with Crippen LogP contribution in [0.4, 0.5) is 23.2 Å². The van der Waals surface area contributed by atoms with Gasteiger partial charge in [-0.3, -0.25) is 9.78 Å². The van der Waals surface area contributed by atoms with Gasteiger partial charge in [0, 0.05) is 11.8 Å². The summed E-state index contributed by atoms with van der Waals surface area (Å²) < 4.78 is 58.7. The van der Waals surface area contributed by atoms with Gasteiger partial charge in [-0.1, -0.05) is 18.2 Å². The molecule has 0 spiro atoms. The number of ether oxygens (including phenoxy) is 1. The van der Waals surface area contributed by atoms with Gasteiger partial charge in [0.1, 0.15) is 11.6 Å². The van der Waals surface area contributed by atoms with Gasteiger partial charge in [-0.25, -0.2) is 9.37 Å². The second-order valence-electron chi connectivity index (χ2n) is 5.63. The van der Waals surface area contributed by atoms with Gasteiger partial charge >= 0.3 is 6.18 Å². The number of anilines is 1. The Morgan fingerprint density at radius 1 is 1.07 bits per heavy atom. The number of hydrogen-bond donors (Lipinski definition) is 1. The summed E-state index contributed by atoms with van der Waals surface area (Å²) in [4.78, 5) is 19.1. The predicted octanol–water partition coefficient (Wildman–Crippen LogP) is 4.32. The molecule has 1 aromatic carbocycles. The lowest BCUT2D eigenvalue weighted by molar-refractivity contribution is -0.140. The lowest BCUT2D eigenvalue weighted by Gasteiger charge is -2.14. The van der Waals surface area contributed by atoms with Crippen molar-refractivity contribution < 1.29 is 27.1 Å². The average Bonchev–Trinajstić information content (AvgIpc) is 2.67. The van der Waals surface area contributed by atoms with Gasteiger partial charge in [-0.2, -0.15) is 13.2 Å². The molecule has 0 aliphatic rings. The number of para-hydroxylation sites is 1. The maximum absolute atomic E-state index is 13.4. The van der Waals surface area contributed by atoms with Crippen molar-refractivity contribution >= 4 is 11.6 Å². The van der Waals surface area contributed by atoms with Gasteiger partial charge in [-0.15, -0.1) is 0 Å². The van der Waals surface area contributed by atoms with E-state index in [9.17, 15) is 22.4 Å². The Bertz CT molecular complexity index is 978. The Kier molecular flexibility index (Phi) is 5.53. The van der Waals surface area contributed by atoms with Crippen molar-refractivity contribution in [2.75, 3.05) is 11.9 Å². The number of amides is 1. The number of benzene rings is 1. The Labute approximate surface area is 157 Å². The van der Waals surface area contributed by atoms with E-state index in [1.54, 1.807) is 30.3 Å². The number of carbonyl (C=O) groups excluding carboxylic acids is 1. The smallest absolute Gasteiger partial charge is 0.435 e. The second kappa shape index (κ2) is 8.03. The molecule has 1 N–H and O–H groups in total. The molecular weight excluding hydrogens is 378 g/mol. The van der Waals surface area contributed by atoms with Crippen molar-refractivity contribution in [2.24, 2.45) is 0 Å². The van der Waals surface area contributed by atoms with Crippen LogP contribution in [0.25, 0.3) is 11.3 Å². The topological polar surface area (TPSA) is 64.1 Å². The van der Waals surface area contributed by atoms with Crippen LogP contribution in [0.2, 0.25) is 0 Å². The maximum Gasteiger partial charge on any atom is 0.435 e. The van der Waals surface area contributed by atoms with E-state index in [0.717, 1.165) is 18.3 Å². The van der Waals surface area contributed by atoms with Gasteiger partial charge in [0.05, 0.1) is 17.6 Å². The molecule has 0 bridgehead atoms. The van der Waals surface area contributed by atoms with E-state index in [1.807, 2.05) is 0 Å². The zero-order chi connectivity index (χ0) is 20.1. The molecule has 9 heteroatoms. The van der Waals surface area contributed by atoms with Gasteiger partial charge in [0.25, 0.3) is 5.91 Å². The average molecular weight is 391 g/mol. The third-order valence-electron chi connectivity index (χ3n) is 3.55. The number of pyridine rings is 2. The summed E-state index contributed by atoms with van der Waals surface area (Å²) in [6.07, 6.45) is -2.72. The van der Waals surface area contributed by atoms with E-state index in [-0.39, 0.29) is 11.3 Å². The molecule has 28 heavy (non-hydrogen) atoms. The molecule has 0 radical (unpaired) electrons. The van der Waals surface area contributed by atoms with Gasteiger partial charge < -0.3 is 10.1 Å². The molecule has 0 saturated carbocycles. The monoisotopic (exact) mass is 391 g/mol. The minimum Gasteiger partial charge on any atom is -0.484 e. The van der Waals surface area contributed by atoms with E-state index < -0.39 is 35.9 Å². The first-order chi connectivity index (χ1) is 13.3. The predicted molar refractivity (Wildman–Crippen MR) is 93.0 cm³/mol. The summed E-state index contributed by atoms with van der Waals surface area (Å²) in [7, 11) is 0. The molecule has 5 nitrogen and oxygen atoms in total. The summed E-state index contributed by atoms with van der Waals surface area (Å²) >= 11 is 0. The fraction of sp³-hybridized carbons (Fsp3) is 0.105. The number of hydrogen-bond acceptors (Lipinski definition) is 4. The first-order valence-corrected chi connectivity index (χ1v) is 8.00. The number of carbonyl (C=O) groups is 1. The van der Waals surface area contributed by atoms with Crippen LogP contribution in [-0.2, 0) is 11.0 Å². The summed E-state index contributed by atoms with van der Waals surface area (Å²) in [5.41, 5.74) is -1.88. The quantitative estimate of drug-likeness (QED) is 0.658. The summed E-state index contributed by atoms with van der Waals surface area (Å²) in [6, 6.07) is 11.7. The van der Waals surface area contributed by atoms with Crippen LogP contribution in [-0.4, -0.2) is 22.5 Å². The molecule has 0 unspecified atom stereocenters. The Hall–Kier alpha value is -3.49. The van der Waals surface area contributed by atoms with E-state index in [1.165, 1.54) is 12.3 Å². The second-order valence-corrected chi connectivity index (χ2v) is 5.63. The molecule has 1 amide bonds. The molecule has 144 valence electrons. The van der Waals surface area contributed by atoms with Crippen LogP contribution in [0, 0.1) is 5.82 Å². The van der Waals surface area contributed by atoms with Gasteiger partial charge in [0.2, 0.25) is 0 Å². The number of rotatable bonds is 5. The molecule has 0 saturated heterocycles. The Morgan fingerprint density at radius 2 is 1.82 bits per heavy atom. The lowest BCUT2D eigenvalue weighted by atomic mass is 10.1. The minimum atomic E-state index is -4.83. The van der Waals surface area contributed by atoms with Crippen LogP contribution < -0.4 is 10.1 Å². The molecule has 2 aromatic heterocycles. The molecule has 0 atom stereocenters. The fourth-order valence-corrected chi connectivity index (χ4v) is 2.34. The SMILES string of the molecule is O=C(COc1ccccc1)Nc1ccc(-c2cncc(F)c2)nc1C(F)(F)F. The minimum absolute atomic E-state index is 0.0794. The van der Waals surface area contributed by atoms with Crippen molar-refractivity contribution in [3.8, 4) is 17.0 Å². The Balaban J connectivity index is 1.81. The summed E-state index contributed by atoms with van der Waals surface area (Å²) in [6.45, 7) is -0.475. The van der Waals surface area contributed by atoms with Crippen LogP contribution in [0.1, 0.15) is 5.69 Å². The number of aromatic nitrogens is 2. The highest BCUT2D eigenvalue weighted by Crippen LogP contribution is 2.35. The number of alkyl halides is 3. The van der Waals surface area contributed by atoms with E-state index in [4.69, 9.17) is 4.74 Å². The van der Waals surface area contributed by atoms with Crippen molar-refractivity contribution in [3.05, 3.63) is 72.4 Å². The van der Waals surface area contributed by atoms with Crippen LogP contribution in [0.15, 0.2) is 60.9 Å². The van der Waals surface area contributed by atoms with Crippen molar-refractivity contribution in [2.45, 2.75) is 6.18 Å². The van der Waals surface area contributed by atoms with Crippen molar-refractivity contribution in [1.29, 1.82) is 0 Å². The Morgan fingerprint density at radius 3 is 2.50 bits per heavy atom. The van der Waals surface area contributed by atoms with Crippen LogP contribution in [0.5, 0.6) is 5.75 Å². The first-order valence-electron chi connectivity index (χ1n) is 8.00. The highest BCUT2D eigenvalue weighted by molar-refractivity contribution is 5.92. The molecular formula is C19H13F4N3O2.